The molecule has 0 unspecified atom stereocenters. The summed E-state index contributed by atoms with van der Waals surface area (Å²) in [5.74, 6) is 0. The van der Waals surface area contributed by atoms with E-state index in [9.17, 15) is 18.0 Å². The fourth-order valence-corrected chi connectivity index (χ4v) is 1.58. The van der Waals surface area contributed by atoms with Crippen LogP contribution in [-0.2, 0) is 6.18 Å². The molecule has 2 aromatic rings. The summed E-state index contributed by atoms with van der Waals surface area (Å²) in [6.45, 7) is 0. The Morgan fingerprint density at radius 3 is 2.22 bits per heavy atom. The van der Waals surface area contributed by atoms with Crippen LogP contribution in [0.25, 0.3) is 11.3 Å². The first-order valence-electron chi connectivity index (χ1n) is 5.11. The Hall–Kier alpha value is -2.17. The summed E-state index contributed by atoms with van der Waals surface area (Å²) >= 11 is 0. The minimum atomic E-state index is -4.50. The highest BCUT2D eigenvalue weighted by atomic mass is 19.4. The first-order chi connectivity index (χ1) is 8.52. The number of hydrogen-bond acceptors (Lipinski definition) is 2. The molecule has 0 atom stereocenters. The van der Waals surface area contributed by atoms with Crippen molar-refractivity contribution in [2.24, 2.45) is 0 Å². The molecule has 0 fully saturated rings. The van der Waals surface area contributed by atoms with E-state index >= 15 is 0 Å². The maximum atomic E-state index is 12.8. The number of alkyl halides is 3. The van der Waals surface area contributed by atoms with Crippen molar-refractivity contribution in [1.29, 1.82) is 0 Å². The summed E-state index contributed by atoms with van der Waals surface area (Å²) in [5, 5.41) is 0. The summed E-state index contributed by atoms with van der Waals surface area (Å²) in [5.41, 5.74) is -0.776. The Balaban J connectivity index is 2.66. The molecule has 0 aliphatic rings. The maximum absolute atomic E-state index is 12.8. The van der Waals surface area contributed by atoms with E-state index in [0.717, 1.165) is 12.1 Å². The van der Waals surface area contributed by atoms with Gasteiger partial charge in [0, 0.05) is 5.56 Å². The number of benzene rings is 1. The number of aldehydes is 1. The molecule has 0 aliphatic heterocycles. The van der Waals surface area contributed by atoms with Crippen molar-refractivity contribution in [3.05, 3.63) is 53.7 Å². The van der Waals surface area contributed by atoms with Crippen LogP contribution in [0.15, 0.2) is 42.5 Å². The van der Waals surface area contributed by atoms with Crippen LogP contribution in [0.2, 0.25) is 0 Å². The van der Waals surface area contributed by atoms with Crippen molar-refractivity contribution in [2.75, 3.05) is 0 Å². The number of nitrogens with zero attached hydrogens (tertiary/aromatic N) is 1. The molecular weight excluding hydrogens is 243 g/mol. The van der Waals surface area contributed by atoms with Gasteiger partial charge in [0.2, 0.25) is 0 Å². The Morgan fingerprint density at radius 1 is 1.00 bits per heavy atom. The highest BCUT2D eigenvalue weighted by Crippen LogP contribution is 2.35. The third-order valence-electron chi connectivity index (χ3n) is 2.39. The molecule has 1 aromatic carbocycles. The fourth-order valence-electron chi connectivity index (χ4n) is 1.58. The predicted molar refractivity (Wildman–Crippen MR) is 60.1 cm³/mol. The predicted octanol–water partition coefficient (Wildman–Crippen LogP) is 3.58. The van der Waals surface area contributed by atoms with E-state index in [1.165, 1.54) is 12.1 Å². The lowest BCUT2D eigenvalue weighted by molar-refractivity contribution is -0.137. The van der Waals surface area contributed by atoms with Crippen molar-refractivity contribution < 1.29 is 18.0 Å². The Bertz CT molecular complexity index is 564. The monoisotopic (exact) mass is 251 g/mol. The van der Waals surface area contributed by atoms with Gasteiger partial charge in [0.1, 0.15) is 5.69 Å². The van der Waals surface area contributed by atoms with Gasteiger partial charge in [0.15, 0.2) is 6.29 Å². The molecule has 18 heavy (non-hydrogen) atoms. The van der Waals surface area contributed by atoms with Gasteiger partial charge in [-0.3, -0.25) is 4.79 Å². The van der Waals surface area contributed by atoms with Crippen molar-refractivity contribution in [2.45, 2.75) is 6.18 Å². The maximum Gasteiger partial charge on any atom is 0.418 e. The average molecular weight is 251 g/mol. The van der Waals surface area contributed by atoms with Crippen LogP contribution < -0.4 is 0 Å². The molecule has 5 heteroatoms. The first kappa shape index (κ1) is 12.3. The van der Waals surface area contributed by atoms with E-state index in [2.05, 4.69) is 4.98 Å². The minimum absolute atomic E-state index is 0.0261. The molecule has 1 aromatic heterocycles. The molecule has 2 rings (SSSR count). The number of carbonyl (C=O) groups is 1. The smallest absolute Gasteiger partial charge is 0.296 e. The van der Waals surface area contributed by atoms with Crippen molar-refractivity contribution in [3.8, 4) is 11.3 Å². The lowest BCUT2D eigenvalue weighted by atomic mass is 10.0. The SMILES string of the molecule is O=Cc1ccc(C(F)(F)F)c(-c2ccccc2)n1. The van der Waals surface area contributed by atoms with E-state index in [0.29, 0.717) is 11.8 Å². The number of aromatic nitrogens is 1. The van der Waals surface area contributed by atoms with Gasteiger partial charge in [-0.25, -0.2) is 4.98 Å². The van der Waals surface area contributed by atoms with Gasteiger partial charge in [-0.1, -0.05) is 30.3 Å². The Morgan fingerprint density at radius 2 is 1.67 bits per heavy atom. The Kier molecular flexibility index (Phi) is 3.14. The lowest BCUT2D eigenvalue weighted by Crippen LogP contribution is -2.09. The number of hydrogen-bond donors (Lipinski definition) is 0. The molecule has 0 amide bonds. The fraction of sp³-hybridized carbons (Fsp3) is 0.0769. The van der Waals surface area contributed by atoms with Crippen LogP contribution in [0.3, 0.4) is 0 Å². The van der Waals surface area contributed by atoms with Crippen LogP contribution in [-0.4, -0.2) is 11.3 Å². The largest absolute Gasteiger partial charge is 0.418 e. The molecule has 2 nitrogen and oxygen atoms in total. The molecule has 0 aliphatic carbocycles. The molecule has 0 radical (unpaired) electrons. The summed E-state index contributed by atoms with van der Waals surface area (Å²) in [4.78, 5) is 14.3. The highest BCUT2D eigenvalue weighted by molar-refractivity contribution is 5.75. The van der Waals surface area contributed by atoms with Gasteiger partial charge in [0.25, 0.3) is 0 Å². The highest BCUT2D eigenvalue weighted by Gasteiger charge is 2.34. The summed E-state index contributed by atoms with van der Waals surface area (Å²) < 4.78 is 38.5. The molecule has 0 saturated carbocycles. The molecule has 0 saturated heterocycles. The van der Waals surface area contributed by atoms with Gasteiger partial charge in [-0.05, 0) is 12.1 Å². The zero-order chi connectivity index (χ0) is 13.2. The van der Waals surface area contributed by atoms with Gasteiger partial charge >= 0.3 is 6.18 Å². The summed E-state index contributed by atoms with van der Waals surface area (Å²) in [7, 11) is 0. The van der Waals surface area contributed by atoms with E-state index in [-0.39, 0.29) is 11.4 Å². The zero-order valence-corrected chi connectivity index (χ0v) is 9.11. The van der Waals surface area contributed by atoms with Gasteiger partial charge in [-0.2, -0.15) is 13.2 Å². The number of halogens is 3. The second kappa shape index (κ2) is 4.60. The standard InChI is InChI=1S/C13H8F3NO/c14-13(15,16)11-7-6-10(8-18)17-12(11)9-4-2-1-3-5-9/h1-8H. The van der Waals surface area contributed by atoms with E-state index in [1.54, 1.807) is 18.2 Å². The Labute approximate surface area is 101 Å². The van der Waals surface area contributed by atoms with Crippen molar-refractivity contribution in [3.63, 3.8) is 0 Å². The first-order valence-corrected chi connectivity index (χ1v) is 5.11. The minimum Gasteiger partial charge on any atom is -0.296 e. The molecule has 0 bridgehead atoms. The molecule has 0 spiro atoms. The number of carbonyl (C=O) groups excluding carboxylic acids is 1. The normalized spacial score (nSPS) is 11.3. The van der Waals surface area contributed by atoms with E-state index in [1.807, 2.05) is 0 Å². The van der Waals surface area contributed by atoms with Crippen LogP contribution in [0.4, 0.5) is 13.2 Å². The third-order valence-corrected chi connectivity index (χ3v) is 2.39. The van der Waals surface area contributed by atoms with Crippen LogP contribution in [0.5, 0.6) is 0 Å². The quantitative estimate of drug-likeness (QED) is 0.763. The topological polar surface area (TPSA) is 30.0 Å². The van der Waals surface area contributed by atoms with E-state index < -0.39 is 11.7 Å². The van der Waals surface area contributed by atoms with Gasteiger partial charge in [0.05, 0.1) is 11.3 Å². The second-order valence-electron chi connectivity index (χ2n) is 3.61. The second-order valence-corrected chi connectivity index (χ2v) is 3.61. The van der Waals surface area contributed by atoms with Crippen LogP contribution in [0, 0.1) is 0 Å². The zero-order valence-electron chi connectivity index (χ0n) is 9.11. The summed E-state index contributed by atoms with van der Waals surface area (Å²) in [6.07, 6.45) is -4.08. The van der Waals surface area contributed by atoms with Crippen LogP contribution >= 0.6 is 0 Å². The number of pyridine rings is 1. The van der Waals surface area contributed by atoms with Crippen molar-refractivity contribution in [1.82, 2.24) is 4.98 Å². The van der Waals surface area contributed by atoms with Crippen LogP contribution in [0.1, 0.15) is 16.1 Å². The average Bonchev–Trinajstić information content (AvgIpc) is 2.38. The lowest BCUT2D eigenvalue weighted by Gasteiger charge is -2.12. The van der Waals surface area contributed by atoms with Gasteiger partial charge < -0.3 is 0 Å². The van der Waals surface area contributed by atoms with Crippen molar-refractivity contribution >= 4 is 6.29 Å². The number of rotatable bonds is 2. The van der Waals surface area contributed by atoms with E-state index in [4.69, 9.17) is 0 Å². The molecule has 0 N–H and O–H groups in total. The molecule has 92 valence electrons. The third kappa shape index (κ3) is 2.40. The summed E-state index contributed by atoms with van der Waals surface area (Å²) in [6, 6.07) is 9.90. The van der Waals surface area contributed by atoms with Gasteiger partial charge in [-0.15, -0.1) is 0 Å². The molecular formula is C13H8F3NO. The molecule has 1 heterocycles.